The maximum Gasteiger partial charge on any atom is 0.323 e. The standard InChI is InChI=1S/C12H23NO3S/c1-4-16-12(14)11(13-9(2)3)5-6-17-10-7-15-8-10/h9-11,13H,4-8H2,1-3H3. The fourth-order valence-corrected chi connectivity index (χ4v) is 2.67. The van der Waals surface area contributed by atoms with Crippen molar-refractivity contribution >= 4 is 17.7 Å². The number of carbonyl (C=O) groups is 1. The first-order valence-electron chi connectivity index (χ1n) is 6.25. The molecular formula is C12H23NO3S. The van der Waals surface area contributed by atoms with Crippen LogP contribution in [0.15, 0.2) is 0 Å². The lowest BCUT2D eigenvalue weighted by atomic mass is 10.2. The summed E-state index contributed by atoms with van der Waals surface area (Å²) >= 11 is 1.88. The van der Waals surface area contributed by atoms with Crippen molar-refractivity contribution in [3.63, 3.8) is 0 Å². The Kier molecular flexibility index (Phi) is 6.92. The highest BCUT2D eigenvalue weighted by molar-refractivity contribution is 8.00. The summed E-state index contributed by atoms with van der Waals surface area (Å²) < 4.78 is 10.2. The van der Waals surface area contributed by atoms with Crippen LogP contribution in [0.4, 0.5) is 0 Å². The van der Waals surface area contributed by atoms with Crippen molar-refractivity contribution in [2.75, 3.05) is 25.6 Å². The van der Waals surface area contributed by atoms with E-state index in [4.69, 9.17) is 9.47 Å². The van der Waals surface area contributed by atoms with Gasteiger partial charge in [-0.3, -0.25) is 4.79 Å². The lowest BCUT2D eigenvalue weighted by molar-refractivity contribution is -0.145. The average Bonchev–Trinajstić information content (AvgIpc) is 2.19. The van der Waals surface area contributed by atoms with E-state index in [1.165, 1.54) is 0 Å². The Bertz CT molecular complexity index is 232. The zero-order valence-electron chi connectivity index (χ0n) is 10.9. The van der Waals surface area contributed by atoms with Gasteiger partial charge in [-0.2, -0.15) is 11.8 Å². The first kappa shape index (κ1) is 14.8. The Balaban J connectivity index is 2.25. The second kappa shape index (κ2) is 7.95. The number of hydrogen-bond acceptors (Lipinski definition) is 5. The smallest absolute Gasteiger partial charge is 0.323 e. The summed E-state index contributed by atoms with van der Waals surface area (Å²) in [5, 5.41) is 3.88. The Morgan fingerprint density at radius 3 is 2.71 bits per heavy atom. The molecule has 0 aromatic rings. The summed E-state index contributed by atoms with van der Waals surface area (Å²) in [7, 11) is 0. The van der Waals surface area contributed by atoms with Gasteiger partial charge in [0.2, 0.25) is 0 Å². The largest absolute Gasteiger partial charge is 0.465 e. The first-order chi connectivity index (χ1) is 8.13. The van der Waals surface area contributed by atoms with E-state index in [0.29, 0.717) is 17.9 Å². The summed E-state index contributed by atoms with van der Waals surface area (Å²) in [6, 6.07) is 0.116. The van der Waals surface area contributed by atoms with E-state index >= 15 is 0 Å². The summed E-state index contributed by atoms with van der Waals surface area (Å²) in [6.07, 6.45) is 0.818. The van der Waals surface area contributed by atoms with Gasteiger partial charge in [0.1, 0.15) is 6.04 Å². The predicted molar refractivity (Wildman–Crippen MR) is 70.4 cm³/mol. The Morgan fingerprint density at radius 1 is 1.53 bits per heavy atom. The molecule has 0 aromatic carbocycles. The molecule has 1 atom stereocenters. The molecule has 0 aliphatic carbocycles. The van der Waals surface area contributed by atoms with Crippen LogP contribution in [-0.4, -0.2) is 48.9 Å². The number of ether oxygens (including phenoxy) is 2. The maximum atomic E-state index is 11.7. The number of esters is 1. The highest BCUT2D eigenvalue weighted by Crippen LogP contribution is 2.20. The van der Waals surface area contributed by atoms with Crippen molar-refractivity contribution in [2.24, 2.45) is 0 Å². The van der Waals surface area contributed by atoms with Crippen LogP contribution in [0.2, 0.25) is 0 Å². The van der Waals surface area contributed by atoms with Gasteiger partial charge in [-0.1, -0.05) is 13.8 Å². The van der Waals surface area contributed by atoms with E-state index in [2.05, 4.69) is 5.32 Å². The van der Waals surface area contributed by atoms with Crippen LogP contribution < -0.4 is 5.32 Å². The predicted octanol–water partition coefficient (Wildman–Crippen LogP) is 1.44. The molecule has 1 unspecified atom stereocenters. The average molecular weight is 261 g/mol. The van der Waals surface area contributed by atoms with Crippen molar-refractivity contribution in [2.45, 2.75) is 44.5 Å². The van der Waals surface area contributed by atoms with E-state index in [-0.39, 0.29) is 12.0 Å². The number of thioether (sulfide) groups is 1. The first-order valence-corrected chi connectivity index (χ1v) is 7.30. The van der Waals surface area contributed by atoms with Crippen LogP contribution in [0.1, 0.15) is 27.2 Å². The van der Waals surface area contributed by atoms with Crippen molar-refractivity contribution in [1.29, 1.82) is 0 Å². The topological polar surface area (TPSA) is 47.6 Å². The second-order valence-corrected chi connectivity index (χ2v) is 5.85. The molecule has 1 aliphatic rings. The monoisotopic (exact) mass is 261 g/mol. The van der Waals surface area contributed by atoms with Gasteiger partial charge in [-0.15, -0.1) is 0 Å². The minimum absolute atomic E-state index is 0.133. The molecule has 1 saturated heterocycles. The third-order valence-corrected chi connectivity index (χ3v) is 3.69. The van der Waals surface area contributed by atoms with Gasteiger partial charge in [0.05, 0.1) is 25.1 Å². The van der Waals surface area contributed by atoms with E-state index in [9.17, 15) is 4.79 Å². The molecule has 5 heteroatoms. The Hall–Kier alpha value is -0.260. The summed E-state index contributed by atoms with van der Waals surface area (Å²) in [6.45, 7) is 8.07. The highest BCUT2D eigenvalue weighted by atomic mass is 32.2. The number of nitrogens with one attached hydrogen (secondary N) is 1. The van der Waals surface area contributed by atoms with E-state index in [1.807, 2.05) is 32.5 Å². The lowest BCUT2D eigenvalue weighted by Crippen LogP contribution is -2.42. The van der Waals surface area contributed by atoms with Gasteiger partial charge in [0.15, 0.2) is 0 Å². The molecule has 1 rings (SSSR count). The SMILES string of the molecule is CCOC(=O)C(CCSC1COC1)NC(C)C. The van der Waals surface area contributed by atoms with Crippen LogP contribution in [0.5, 0.6) is 0 Å². The molecule has 17 heavy (non-hydrogen) atoms. The van der Waals surface area contributed by atoms with Crippen molar-refractivity contribution in [3.05, 3.63) is 0 Å². The van der Waals surface area contributed by atoms with Gasteiger partial charge in [-0.25, -0.2) is 0 Å². The second-order valence-electron chi connectivity index (χ2n) is 4.44. The van der Waals surface area contributed by atoms with Gasteiger partial charge in [0, 0.05) is 6.04 Å². The van der Waals surface area contributed by atoms with Gasteiger partial charge in [0.25, 0.3) is 0 Å². The van der Waals surface area contributed by atoms with Crippen LogP contribution in [-0.2, 0) is 14.3 Å². The molecule has 0 amide bonds. The molecule has 0 aromatic heterocycles. The van der Waals surface area contributed by atoms with Crippen LogP contribution in [0.3, 0.4) is 0 Å². The molecule has 4 nitrogen and oxygen atoms in total. The number of hydrogen-bond donors (Lipinski definition) is 1. The number of rotatable bonds is 8. The fourth-order valence-electron chi connectivity index (χ4n) is 1.58. The van der Waals surface area contributed by atoms with Crippen LogP contribution >= 0.6 is 11.8 Å². The fraction of sp³-hybridized carbons (Fsp3) is 0.917. The molecule has 1 aliphatic heterocycles. The Labute approximate surface area is 108 Å². The maximum absolute atomic E-state index is 11.7. The molecular weight excluding hydrogens is 238 g/mol. The van der Waals surface area contributed by atoms with Gasteiger partial charge >= 0.3 is 5.97 Å². The molecule has 1 heterocycles. The third-order valence-electron chi connectivity index (χ3n) is 2.47. The molecule has 1 fully saturated rings. The van der Waals surface area contributed by atoms with Crippen molar-refractivity contribution in [3.8, 4) is 0 Å². The van der Waals surface area contributed by atoms with E-state index in [1.54, 1.807) is 0 Å². The zero-order valence-corrected chi connectivity index (χ0v) is 11.7. The van der Waals surface area contributed by atoms with Gasteiger partial charge in [-0.05, 0) is 19.1 Å². The number of carbonyl (C=O) groups excluding carboxylic acids is 1. The van der Waals surface area contributed by atoms with E-state index < -0.39 is 0 Å². The van der Waals surface area contributed by atoms with Crippen LogP contribution in [0.25, 0.3) is 0 Å². The minimum Gasteiger partial charge on any atom is -0.465 e. The van der Waals surface area contributed by atoms with E-state index in [0.717, 1.165) is 25.4 Å². The van der Waals surface area contributed by atoms with Gasteiger partial charge < -0.3 is 14.8 Å². The molecule has 0 spiro atoms. The molecule has 100 valence electrons. The summed E-state index contributed by atoms with van der Waals surface area (Å²) in [5.74, 6) is 0.837. The Morgan fingerprint density at radius 2 is 2.24 bits per heavy atom. The molecule has 1 N–H and O–H groups in total. The third kappa shape index (κ3) is 5.75. The molecule has 0 radical (unpaired) electrons. The summed E-state index contributed by atoms with van der Waals surface area (Å²) in [4.78, 5) is 11.7. The molecule has 0 saturated carbocycles. The van der Waals surface area contributed by atoms with Crippen molar-refractivity contribution in [1.82, 2.24) is 5.32 Å². The lowest BCUT2D eigenvalue weighted by Gasteiger charge is -2.26. The minimum atomic E-state index is -0.177. The highest BCUT2D eigenvalue weighted by Gasteiger charge is 2.23. The molecule has 0 bridgehead atoms. The van der Waals surface area contributed by atoms with Crippen LogP contribution in [0, 0.1) is 0 Å². The van der Waals surface area contributed by atoms with Crippen molar-refractivity contribution < 1.29 is 14.3 Å². The summed E-state index contributed by atoms with van der Waals surface area (Å²) in [5.41, 5.74) is 0. The zero-order chi connectivity index (χ0) is 12.7. The normalized spacial score (nSPS) is 17.9. The quantitative estimate of drug-likeness (QED) is 0.670.